The number of hydrogen-bond acceptors (Lipinski definition) is 3. The van der Waals surface area contributed by atoms with Gasteiger partial charge in [0.05, 0.1) is 5.69 Å². The van der Waals surface area contributed by atoms with Crippen LogP contribution in [-0.2, 0) is 6.42 Å². The third kappa shape index (κ3) is 1.74. The highest BCUT2D eigenvalue weighted by molar-refractivity contribution is 9.10. The first-order valence-corrected chi connectivity index (χ1v) is 4.48. The molecule has 62 valence electrons. The predicted octanol–water partition coefficient (Wildman–Crippen LogP) is 2.33. The van der Waals surface area contributed by atoms with Crippen LogP contribution in [-0.4, -0.2) is 9.97 Å². The quantitative estimate of drug-likeness (QED) is 0.764. The minimum atomic E-state index is 0.274. The number of hydrogen-bond donors (Lipinski definition) is 0. The van der Waals surface area contributed by atoms with Crippen LogP contribution < -0.4 is 0 Å². The molecular weight excluding hydrogens is 241 g/mol. The van der Waals surface area contributed by atoms with E-state index in [1.54, 1.807) is 0 Å². The van der Waals surface area contributed by atoms with Crippen molar-refractivity contribution in [3.63, 3.8) is 0 Å². The Labute approximate surface area is 83.5 Å². The van der Waals surface area contributed by atoms with E-state index in [-0.39, 0.29) is 5.69 Å². The maximum Gasteiger partial charge on any atom is 0.173 e. The molecule has 0 amide bonds. The lowest BCUT2D eigenvalue weighted by Crippen LogP contribution is -1.96. The fraction of sp³-hybridized carbons (Fsp3) is 0.286. The van der Waals surface area contributed by atoms with Crippen molar-refractivity contribution in [2.45, 2.75) is 13.3 Å². The molecule has 0 saturated heterocycles. The van der Waals surface area contributed by atoms with Gasteiger partial charge in [-0.05, 0) is 22.4 Å². The molecule has 0 aliphatic heterocycles. The summed E-state index contributed by atoms with van der Waals surface area (Å²) in [6, 6.07) is 1.92. The van der Waals surface area contributed by atoms with Crippen molar-refractivity contribution in [2.24, 2.45) is 0 Å². The lowest BCUT2D eigenvalue weighted by atomic mass is 10.3. The lowest BCUT2D eigenvalue weighted by Gasteiger charge is -2.00. The molecular formula is C7H5BrClN3. The maximum absolute atomic E-state index is 8.60. The Bertz CT molecular complexity index is 345. The van der Waals surface area contributed by atoms with Crippen LogP contribution in [0.1, 0.15) is 18.3 Å². The van der Waals surface area contributed by atoms with E-state index in [0.717, 1.165) is 0 Å². The van der Waals surface area contributed by atoms with Crippen molar-refractivity contribution in [1.29, 1.82) is 5.26 Å². The van der Waals surface area contributed by atoms with Crippen LogP contribution in [0.25, 0.3) is 0 Å². The summed E-state index contributed by atoms with van der Waals surface area (Å²) in [7, 11) is 0. The third-order valence-corrected chi connectivity index (χ3v) is 2.17. The summed E-state index contributed by atoms with van der Waals surface area (Å²) in [5.74, 6) is 0. The summed E-state index contributed by atoms with van der Waals surface area (Å²) in [6.07, 6.45) is 0.674. The minimum absolute atomic E-state index is 0.274. The second-order valence-electron chi connectivity index (χ2n) is 2.07. The zero-order valence-electron chi connectivity index (χ0n) is 6.30. The summed E-state index contributed by atoms with van der Waals surface area (Å²) in [5, 5.41) is 8.95. The van der Waals surface area contributed by atoms with Crippen molar-refractivity contribution in [3.05, 3.63) is 21.1 Å². The third-order valence-electron chi connectivity index (χ3n) is 1.32. The average molecular weight is 246 g/mol. The van der Waals surface area contributed by atoms with Gasteiger partial charge in [0.15, 0.2) is 10.8 Å². The van der Waals surface area contributed by atoms with Gasteiger partial charge in [-0.3, -0.25) is 0 Å². The molecule has 0 saturated carbocycles. The fourth-order valence-electron chi connectivity index (χ4n) is 0.727. The monoisotopic (exact) mass is 245 g/mol. The van der Waals surface area contributed by atoms with Crippen LogP contribution in [0, 0.1) is 11.3 Å². The largest absolute Gasteiger partial charge is 0.236 e. The van der Waals surface area contributed by atoms with E-state index >= 15 is 0 Å². The van der Waals surface area contributed by atoms with Crippen molar-refractivity contribution < 1.29 is 0 Å². The first-order valence-electron chi connectivity index (χ1n) is 3.31. The molecule has 0 fully saturated rings. The summed E-state index contributed by atoms with van der Waals surface area (Å²) in [5.41, 5.74) is 0.924. The van der Waals surface area contributed by atoms with E-state index in [9.17, 15) is 0 Å². The molecule has 0 unspecified atom stereocenters. The molecule has 1 rings (SSSR count). The second-order valence-corrected chi connectivity index (χ2v) is 3.18. The Morgan fingerprint density at radius 3 is 2.75 bits per heavy atom. The molecule has 3 nitrogen and oxygen atoms in total. The SMILES string of the molecule is CCc1nc(C#N)c(Br)nc1Cl. The van der Waals surface area contributed by atoms with Crippen LogP contribution in [0.2, 0.25) is 5.15 Å². The Kier molecular flexibility index (Phi) is 3.01. The normalized spacial score (nSPS) is 9.50. The molecule has 0 spiro atoms. The van der Waals surface area contributed by atoms with Crippen molar-refractivity contribution in [2.75, 3.05) is 0 Å². The van der Waals surface area contributed by atoms with Gasteiger partial charge in [-0.2, -0.15) is 5.26 Å². The molecule has 0 atom stereocenters. The molecule has 0 aliphatic carbocycles. The van der Waals surface area contributed by atoms with Crippen LogP contribution in [0.5, 0.6) is 0 Å². The van der Waals surface area contributed by atoms with Crippen LogP contribution in [0.4, 0.5) is 0 Å². The molecule has 1 aromatic heterocycles. The fourth-order valence-corrected chi connectivity index (χ4v) is 1.44. The van der Waals surface area contributed by atoms with E-state index in [1.807, 2.05) is 13.0 Å². The minimum Gasteiger partial charge on any atom is -0.236 e. The van der Waals surface area contributed by atoms with Gasteiger partial charge in [0.25, 0.3) is 0 Å². The van der Waals surface area contributed by atoms with Gasteiger partial charge in [-0.15, -0.1) is 0 Å². The smallest absolute Gasteiger partial charge is 0.173 e. The zero-order chi connectivity index (χ0) is 9.14. The first-order chi connectivity index (χ1) is 5.69. The van der Waals surface area contributed by atoms with E-state index in [4.69, 9.17) is 16.9 Å². The topological polar surface area (TPSA) is 49.6 Å². The highest BCUT2D eigenvalue weighted by Gasteiger charge is 2.07. The van der Waals surface area contributed by atoms with Gasteiger partial charge < -0.3 is 0 Å². The van der Waals surface area contributed by atoms with Gasteiger partial charge in [0, 0.05) is 0 Å². The molecule has 1 heterocycles. The van der Waals surface area contributed by atoms with E-state index in [1.165, 1.54) is 0 Å². The summed E-state index contributed by atoms with van der Waals surface area (Å²) in [6.45, 7) is 1.91. The lowest BCUT2D eigenvalue weighted by molar-refractivity contribution is 0.975. The van der Waals surface area contributed by atoms with Gasteiger partial charge in [-0.1, -0.05) is 18.5 Å². The highest BCUT2D eigenvalue weighted by Crippen LogP contribution is 2.18. The molecule has 0 aliphatic rings. The Balaban J connectivity index is 3.30. The number of halogens is 2. The number of rotatable bonds is 1. The molecule has 5 heteroatoms. The average Bonchev–Trinajstić information content (AvgIpc) is 2.05. The van der Waals surface area contributed by atoms with Gasteiger partial charge in [0.2, 0.25) is 0 Å². The van der Waals surface area contributed by atoms with Crippen molar-refractivity contribution >= 4 is 27.5 Å². The van der Waals surface area contributed by atoms with E-state index < -0.39 is 0 Å². The van der Waals surface area contributed by atoms with E-state index in [0.29, 0.717) is 21.9 Å². The van der Waals surface area contributed by atoms with Crippen molar-refractivity contribution in [3.8, 4) is 6.07 Å². The maximum atomic E-state index is 8.60. The molecule has 0 N–H and O–H groups in total. The standard InChI is InChI=1S/C7H5BrClN3/c1-2-4-7(9)12-6(8)5(3-10)11-4/h2H2,1H3. The van der Waals surface area contributed by atoms with Gasteiger partial charge >= 0.3 is 0 Å². The molecule has 12 heavy (non-hydrogen) atoms. The van der Waals surface area contributed by atoms with Crippen molar-refractivity contribution in [1.82, 2.24) is 9.97 Å². The highest BCUT2D eigenvalue weighted by atomic mass is 79.9. The number of nitriles is 1. The summed E-state index contributed by atoms with van der Waals surface area (Å²) >= 11 is 8.84. The first kappa shape index (κ1) is 9.43. The van der Waals surface area contributed by atoms with Gasteiger partial charge in [-0.25, -0.2) is 9.97 Å². The number of aromatic nitrogens is 2. The molecule has 0 aromatic carbocycles. The van der Waals surface area contributed by atoms with Crippen LogP contribution in [0.15, 0.2) is 4.60 Å². The number of nitrogens with zero attached hydrogens (tertiary/aromatic N) is 3. The molecule has 1 aromatic rings. The predicted molar refractivity (Wildman–Crippen MR) is 48.8 cm³/mol. The van der Waals surface area contributed by atoms with Crippen LogP contribution in [0.3, 0.4) is 0 Å². The second kappa shape index (κ2) is 3.83. The Morgan fingerprint density at radius 1 is 1.58 bits per heavy atom. The molecule has 0 bridgehead atoms. The number of aryl methyl sites for hydroxylation is 1. The zero-order valence-corrected chi connectivity index (χ0v) is 8.65. The van der Waals surface area contributed by atoms with Crippen LogP contribution >= 0.6 is 27.5 Å². The molecule has 0 radical (unpaired) electrons. The Morgan fingerprint density at radius 2 is 2.25 bits per heavy atom. The summed E-state index contributed by atoms with van der Waals surface area (Å²) < 4.78 is 0.396. The summed E-state index contributed by atoms with van der Waals surface area (Å²) in [4.78, 5) is 7.92. The van der Waals surface area contributed by atoms with Gasteiger partial charge in [0.1, 0.15) is 10.7 Å². The Hall–Kier alpha value is -0.660. The van der Waals surface area contributed by atoms with E-state index in [2.05, 4.69) is 25.9 Å².